The molecule has 0 bridgehead atoms. The van der Waals surface area contributed by atoms with Gasteiger partial charge < -0.3 is 15.1 Å². The number of nitro groups is 1. The molecule has 1 N–H and O–H groups in total. The maximum Gasteiger partial charge on any atom is 0.401 e. The smallest absolute Gasteiger partial charge is 0.358 e. The van der Waals surface area contributed by atoms with Crippen molar-refractivity contribution in [2.75, 3.05) is 0 Å². The third-order valence-corrected chi connectivity index (χ3v) is 1.20. The molecular formula is C4H4ClN3O2. The zero-order valence-electron chi connectivity index (χ0n) is 5.09. The van der Waals surface area contributed by atoms with Crippen molar-refractivity contribution in [2.45, 2.75) is 6.92 Å². The number of aromatic nitrogens is 2. The Balaban J connectivity index is 3.15. The standard InChI is InChI=1S/C4H4ClN3O2/c1-2-6-3(5)4(7-2)8(9)10/h1H3,(H,6,7). The Hall–Kier alpha value is -1.10. The van der Waals surface area contributed by atoms with E-state index < -0.39 is 4.92 Å². The molecule has 1 aromatic rings. The summed E-state index contributed by atoms with van der Waals surface area (Å²) in [7, 11) is 0. The van der Waals surface area contributed by atoms with Crippen molar-refractivity contribution in [3.05, 3.63) is 21.1 Å². The summed E-state index contributed by atoms with van der Waals surface area (Å²) in [6, 6.07) is 0. The molecule has 1 heterocycles. The lowest BCUT2D eigenvalue weighted by molar-refractivity contribution is -0.389. The number of rotatable bonds is 1. The second-order valence-corrected chi connectivity index (χ2v) is 2.09. The topological polar surface area (TPSA) is 71.8 Å². The number of H-pyrrole nitrogens is 1. The number of aromatic amines is 1. The predicted octanol–water partition coefficient (Wildman–Crippen LogP) is 1.28. The van der Waals surface area contributed by atoms with Crippen LogP contribution in [0, 0.1) is 17.0 Å². The Bertz CT molecular complexity index is 269. The molecule has 0 atom stereocenters. The summed E-state index contributed by atoms with van der Waals surface area (Å²) < 4.78 is 0. The van der Waals surface area contributed by atoms with Gasteiger partial charge in [0.2, 0.25) is 11.0 Å². The molecule has 1 rings (SSSR count). The lowest BCUT2D eigenvalue weighted by Gasteiger charge is -1.84. The molecule has 0 fully saturated rings. The normalized spacial score (nSPS) is 9.80. The van der Waals surface area contributed by atoms with Gasteiger partial charge in [-0.3, -0.25) is 0 Å². The first kappa shape index (κ1) is 7.01. The molecule has 0 aliphatic heterocycles. The van der Waals surface area contributed by atoms with Gasteiger partial charge in [-0.1, -0.05) is 11.6 Å². The van der Waals surface area contributed by atoms with Crippen molar-refractivity contribution in [1.82, 2.24) is 9.97 Å². The third-order valence-electron chi connectivity index (χ3n) is 0.934. The second-order valence-electron chi connectivity index (χ2n) is 1.72. The first-order chi connectivity index (χ1) is 4.61. The highest BCUT2D eigenvalue weighted by Gasteiger charge is 2.16. The highest BCUT2D eigenvalue weighted by Crippen LogP contribution is 2.19. The zero-order chi connectivity index (χ0) is 7.72. The Labute approximate surface area is 61.2 Å². The van der Waals surface area contributed by atoms with E-state index in [0.717, 1.165) is 0 Å². The average Bonchev–Trinajstić information content (AvgIpc) is 2.10. The molecule has 10 heavy (non-hydrogen) atoms. The summed E-state index contributed by atoms with van der Waals surface area (Å²) in [5, 5.41) is 10.0. The molecule has 0 unspecified atom stereocenters. The van der Waals surface area contributed by atoms with Gasteiger partial charge in [0.05, 0.1) is 0 Å². The van der Waals surface area contributed by atoms with Crippen LogP contribution in [-0.2, 0) is 0 Å². The number of hydrogen-bond acceptors (Lipinski definition) is 3. The molecule has 6 heteroatoms. The second kappa shape index (κ2) is 2.26. The minimum Gasteiger partial charge on any atom is -0.358 e. The number of hydrogen-bond donors (Lipinski definition) is 1. The predicted molar refractivity (Wildman–Crippen MR) is 35.0 cm³/mol. The van der Waals surface area contributed by atoms with E-state index in [0.29, 0.717) is 5.82 Å². The zero-order valence-corrected chi connectivity index (χ0v) is 5.84. The molecule has 0 aliphatic carbocycles. The molecule has 1 aromatic heterocycles. The quantitative estimate of drug-likeness (QED) is 0.498. The van der Waals surface area contributed by atoms with Gasteiger partial charge in [-0.25, -0.2) is 0 Å². The van der Waals surface area contributed by atoms with Gasteiger partial charge in [0, 0.05) is 6.92 Å². The number of halogens is 1. The lowest BCUT2D eigenvalue weighted by Crippen LogP contribution is -1.87. The fourth-order valence-corrected chi connectivity index (χ4v) is 0.820. The highest BCUT2D eigenvalue weighted by atomic mass is 35.5. The van der Waals surface area contributed by atoms with E-state index in [1.807, 2.05) is 0 Å². The number of nitrogens with zero attached hydrogens (tertiary/aromatic N) is 2. The molecular weight excluding hydrogens is 158 g/mol. The van der Waals surface area contributed by atoms with Crippen LogP contribution in [0.1, 0.15) is 5.82 Å². The van der Waals surface area contributed by atoms with E-state index in [1.165, 1.54) is 0 Å². The molecule has 0 saturated carbocycles. The van der Waals surface area contributed by atoms with E-state index in [4.69, 9.17) is 11.6 Å². The van der Waals surface area contributed by atoms with Crippen molar-refractivity contribution in [1.29, 1.82) is 0 Å². The molecule has 0 saturated heterocycles. The number of imidazole rings is 1. The van der Waals surface area contributed by atoms with Crippen molar-refractivity contribution in [3.8, 4) is 0 Å². The van der Waals surface area contributed by atoms with Gasteiger partial charge in [0.25, 0.3) is 0 Å². The molecule has 0 radical (unpaired) electrons. The Kier molecular flexibility index (Phi) is 1.58. The molecule has 0 spiro atoms. The summed E-state index contributed by atoms with van der Waals surface area (Å²) in [4.78, 5) is 15.5. The van der Waals surface area contributed by atoms with Crippen LogP contribution in [0.4, 0.5) is 5.82 Å². The molecule has 0 aromatic carbocycles. The minimum absolute atomic E-state index is 0.0255. The molecule has 0 aliphatic rings. The van der Waals surface area contributed by atoms with Gasteiger partial charge >= 0.3 is 5.82 Å². The summed E-state index contributed by atoms with van der Waals surface area (Å²) >= 11 is 5.38. The maximum absolute atomic E-state index is 10.1. The van der Waals surface area contributed by atoms with Gasteiger partial charge in [-0.05, 0) is 9.91 Å². The SMILES string of the molecule is Cc1nc([N+](=O)[O-])c(Cl)[nH]1. The van der Waals surface area contributed by atoms with Crippen LogP contribution in [0.2, 0.25) is 5.15 Å². The summed E-state index contributed by atoms with van der Waals surface area (Å²) in [5.74, 6) is 0.121. The average molecular weight is 162 g/mol. The van der Waals surface area contributed by atoms with Gasteiger partial charge in [-0.2, -0.15) is 0 Å². The fraction of sp³-hybridized carbons (Fsp3) is 0.250. The van der Waals surface area contributed by atoms with E-state index in [1.54, 1.807) is 6.92 Å². The van der Waals surface area contributed by atoms with Gasteiger partial charge in [-0.15, -0.1) is 0 Å². The summed E-state index contributed by atoms with van der Waals surface area (Å²) in [5.41, 5.74) is 0. The largest absolute Gasteiger partial charge is 0.401 e. The van der Waals surface area contributed by atoms with Crippen LogP contribution in [0.5, 0.6) is 0 Å². The van der Waals surface area contributed by atoms with Crippen LogP contribution >= 0.6 is 11.6 Å². The van der Waals surface area contributed by atoms with Crippen LogP contribution in [0.3, 0.4) is 0 Å². The third kappa shape index (κ3) is 1.08. The van der Waals surface area contributed by atoms with Crippen molar-refractivity contribution in [2.24, 2.45) is 0 Å². The van der Waals surface area contributed by atoms with Crippen molar-refractivity contribution in [3.63, 3.8) is 0 Å². The fourth-order valence-electron chi connectivity index (χ4n) is 0.572. The highest BCUT2D eigenvalue weighted by molar-refractivity contribution is 6.31. The maximum atomic E-state index is 10.1. The van der Waals surface area contributed by atoms with Gasteiger partial charge in [0.15, 0.2) is 0 Å². The molecule has 54 valence electrons. The lowest BCUT2D eigenvalue weighted by atomic mass is 10.7. The summed E-state index contributed by atoms with van der Waals surface area (Å²) in [6.45, 7) is 1.60. The van der Waals surface area contributed by atoms with Crippen molar-refractivity contribution < 1.29 is 4.92 Å². The Morgan fingerprint density at radius 1 is 1.80 bits per heavy atom. The summed E-state index contributed by atoms with van der Waals surface area (Å²) in [6.07, 6.45) is 0. The molecule has 5 nitrogen and oxygen atoms in total. The first-order valence-corrected chi connectivity index (χ1v) is 2.85. The Morgan fingerprint density at radius 3 is 2.60 bits per heavy atom. The molecule has 0 amide bonds. The monoisotopic (exact) mass is 161 g/mol. The van der Waals surface area contributed by atoms with E-state index in [2.05, 4.69) is 9.97 Å². The van der Waals surface area contributed by atoms with E-state index >= 15 is 0 Å². The van der Waals surface area contributed by atoms with E-state index in [9.17, 15) is 10.1 Å². The van der Waals surface area contributed by atoms with Crippen molar-refractivity contribution >= 4 is 17.4 Å². The van der Waals surface area contributed by atoms with Crippen LogP contribution in [0.15, 0.2) is 0 Å². The first-order valence-electron chi connectivity index (χ1n) is 2.47. The minimum atomic E-state index is -0.633. The van der Waals surface area contributed by atoms with Crippen LogP contribution in [-0.4, -0.2) is 14.9 Å². The van der Waals surface area contributed by atoms with Crippen LogP contribution in [0.25, 0.3) is 0 Å². The van der Waals surface area contributed by atoms with E-state index in [-0.39, 0.29) is 11.0 Å². The van der Waals surface area contributed by atoms with Crippen LogP contribution < -0.4 is 0 Å². The number of nitrogens with one attached hydrogen (secondary N) is 1. The number of aryl methyl sites for hydroxylation is 1. The van der Waals surface area contributed by atoms with Gasteiger partial charge in [0.1, 0.15) is 0 Å². The Morgan fingerprint density at radius 2 is 2.40 bits per heavy atom.